The Labute approximate surface area is 215 Å². The second kappa shape index (κ2) is 11.3. The van der Waals surface area contributed by atoms with Gasteiger partial charge >= 0.3 is 0 Å². The number of fused-ring (bicyclic) bond motifs is 1. The largest absolute Gasteiger partial charge is 0.493 e. The molecule has 0 saturated heterocycles. The first-order valence-corrected chi connectivity index (χ1v) is 12.5. The van der Waals surface area contributed by atoms with Crippen LogP contribution in [0.3, 0.4) is 0 Å². The molecule has 0 bridgehead atoms. The smallest absolute Gasteiger partial charge is 0.283 e. The summed E-state index contributed by atoms with van der Waals surface area (Å²) in [5, 5.41) is 10.7. The van der Waals surface area contributed by atoms with Crippen molar-refractivity contribution in [3.05, 3.63) is 64.7 Å². The summed E-state index contributed by atoms with van der Waals surface area (Å²) < 4.78 is 22.8. The molecule has 0 saturated carbocycles. The molecule has 0 fully saturated rings. The topological polar surface area (TPSA) is 93.4 Å². The summed E-state index contributed by atoms with van der Waals surface area (Å²) in [6.45, 7) is 5.00. The zero-order valence-electron chi connectivity index (χ0n) is 20.7. The standard InChI is InChI=1S/C27H29N3O5S/c1-5-17(2)19-6-8-20(9-7-19)34-11-12-35-24-22(32-3)15-18(16-23(24)33-4)14-21-25(28)30-10-13-36-27(30)29-26(21)31/h6-10,13-17,28H,5,11-12H2,1-4H3/b21-14-,28-25?/t17-/m0/s1. The van der Waals surface area contributed by atoms with E-state index in [1.54, 1.807) is 34.7 Å². The van der Waals surface area contributed by atoms with Crippen molar-refractivity contribution in [2.75, 3.05) is 27.4 Å². The fraction of sp³-hybridized carbons (Fsp3) is 0.296. The van der Waals surface area contributed by atoms with Gasteiger partial charge < -0.3 is 18.9 Å². The van der Waals surface area contributed by atoms with Gasteiger partial charge in [-0.1, -0.05) is 37.7 Å². The van der Waals surface area contributed by atoms with Crippen LogP contribution < -0.4 is 18.9 Å². The Morgan fingerprint density at radius 2 is 1.75 bits per heavy atom. The van der Waals surface area contributed by atoms with Gasteiger partial charge in [0.15, 0.2) is 16.7 Å². The van der Waals surface area contributed by atoms with Crippen molar-refractivity contribution in [3.63, 3.8) is 0 Å². The third kappa shape index (κ3) is 5.41. The molecule has 0 aliphatic carbocycles. The van der Waals surface area contributed by atoms with E-state index in [0.717, 1.165) is 12.2 Å². The highest BCUT2D eigenvalue weighted by Gasteiger charge is 2.31. The minimum Gasteiger partial charge on any atom is -0.493 e. The molecule has 9 heteroatoms. The molecular weight excluding hydrogens is 478 g/mol. The molecule has 4 rings (SSSR count). The summed E-state index contributed by atoms with van der Waals surface area (Å²) in [6.07, 6.45) is 4.41. The molecule has 188 valence electrons. The van der Waals surface area contributed by atoms with Crippen LogP contribution in [0, 0.1) is 5.41 Å². The van der Waals surface area contributed by atoms with Gasteiger partial charge in [-0.3, -0.25) is 15.1 Å². The first-order valence-electron chi connectivity index (χ1n) is 11.6. The van der Waals surface area contributed by atoms with E-state index < -0.39 is 5.91 Å². The third-order valence-corrected chi connectivity index (χ3v) is 6.72. The van der Waals surface area contributed by atoms with Crippen molar-refractivity contribution in [1.29, 1.82) is 5.41 Å². The van der Waals surface area contributed by atoms with Gasteiger partial charge in [-0.2, -0.15) is 4.99 Å². The van der Waals surface area contributed by atoms with Crippen LogP contribution in [-0.2, 0) is 4.79 Å². The Bertz CT molecular complexity index is 1210. The van der Waals surface area contributed by atoms with Gasteiger partial charge in [0.05, 0.1) is 19.8 Å². The lowest BCUT2D eigenvalue weighted by Crippen LogP contribution is -2.35. The number of carbonyl (C=O) groups is 1. The first-order chi connectivity index (χ1) is 17.4. The van der Waals surface area contributed by atoms with E-state index in [4.69, 9.17) is 24.4 Å². The van der Waals surface area contributed by atoms with E-state index >= 15 is 0 Å². The molecule has 36 heavy (non-hydrogen) atoms. The highest BCUT2D eigenvalue weighted by Crippen LogP contribution is 2.39. The summed E-state index contributed by atoms with van der Waals surface area (Å²) >= 11 is 1.31. The van der Waals surface area contributed by atoms with E-state index in [1.165, 1.54) is 31.5 Å². The van der Waals surface area contributed by atoms with Crippen LogP contribution >= 0.6 is 11.8 Å². The van der Waals surface area contributed by atoms with Gasteiger partial charge in [-0.25, -0.2) is 0 Å². The predicted molar refractivity (Wildman–Crippen MR) is 142 cm³/mol. The summed E-state index contributed by atoms with van der Waals surface area (Å²) in [4.78, 5) is 18.2. The van der Waals surface area contributed by atoms with Crippen molar-refractivity contribution in [3.8, 4) is 23.0 Å². The molecule has 2 heterocycles. The Hall–Kier alpha value is -3.72. The predicted octanol–water partition coefficient (Wildman–Crippen LogP) is 5.45. The highest BCUT2D eigenvalue weighted by molar-refractivity contribution is 8.16. The van der Waals surface area contributed by atoms with Gasteiger partial charge in [-0.15, -0.1) is 0 Å². The maximum atomic E-state index is 12.5. The molecule has 1 atom stereocenters. The number of ether oxygens (including phenoxy) is 4. The number of nitrogens with one attached hydrogen (secondary N) is 1. The SMILES string of the molecule is CC[C@H](C)c1ccc(OCCOc2c(OC)cc(/C=C3/C(=N)N4C=CSC4=NC3=O)cc2OC)cc1. The average Bonchev–Trinajstić information content (AvgIpc) is 3.37. The molecule has 0 spiro atoms. The Kier molecular flexibility index (Phi) is 8.00. The summed E-state index contributed by atoms with van der Waals surface area (Å²) in [5.41, 5.74) is 2.09. The van der Waals surface area contributed by atoms with Crippen LogP contribution in [0.5, 0.6) is 23.0 Å². The normalized spacial score (nSPS) is 16.6. The van der Waals surface area contributed by atoms with Gasteiger partial charge in [0, 0.05) is 6.20 Å². The second-order valence-electron chi connectivity index (χ2n) is 8.21. The number of hydrogen-bond donors (Lipinski definition) is 1. The summed E-state index contributed by atoms with van der Waals surface area (Å²) in [7, 11) is 3.06. The maximum Gasteiger partial charge on any atom is 0.283 e. The van der Waals surface area contributed by atoms with Crippen molar-refractivity contribution in [1.82, 2.24) is 4.90 Å². The minimum atomic E-state index is -0.463. The lowest BCUT2D eigenvalue weighted by atomic mass is 9.99. The first kappa shape index (κ1) is 25.4. The zero-order chi connectivity index (χ0) is 25.7. The molecule has 8 nitrogen and oxygen atoms in total. The number of methoxy groups -OCH3 is 2. The second-order valence-corrected chi connectivity index (χ2v) is 9.08. The molecule has 1 N–H and O–H groups in total. The molecule has 1 amide bonds. The monoisotopic (exact) mass is 507 g/mol. The van der Waals surface area contributed by atoms with Crippen molar-refractivity contribution in [2.45, 2.75) is 26.2 Å². The van der Waals surface area contributed by atoms with Gasteiger partial charge in [-0.05, 0) is 59.2 Å². The number of rotatable bonds is 10. The van der Waals surface area contributed by atoms with Crippen molar-refractivity contribution in [2.24, 2.45) is 4.99 Å². The van der Waals surface area contributed by atoms with Crippen LogP contribution in [0.25, 0.3) is 6.08 Å². The fourth-order valence-corrected chi connectivity index (χ4v) is 4.46. The number of amidine groups is 2. The lowest BCUT2D eigenvalue weighted by Gasteiger charge is -2.22. The van der Waals surface area contributed by atoms with Crippen LogP contribution in [-0.4, -0.2) is 49.2 Å². The Balaban J connectivity index is 1.45. The summed E-state index contributed by atoms with van der Waals surface area (Å²) in [5.74, 6) is 2.22. The number of benzene rings is 2. The lowest BCUT2D eigenvalue weighted by molar-refractivity contribution is -0.114. The minimum absolute atomic E-state index is 0.0684. The van der Waals surface area contributed by atoms with Gasteiger partial charge in [0.2, 0.25) is 5.75 Å². The molecule has 0 aromatic heterocycles. The molecule has 0 unspecified atom stereocenters. The number of thioether (sulfide) groups is 1. The molecular formula is C27H29N3O5S. The number of hydrogen-bond acceptors (Lipinski definition) is 7. The van der Waals surface area contributed by atoms with E-state index in [1.807, 2.05) is 12.1 Å². The van der Waals surface area contributed by atoms with Crippen LogP contribution in [0.1, 0.15) is 37.3 Å². The third-order valence-electron chi connectivity index (χ3n) is 5.97. The molecule has 2 aromatic carbocycles. The number of aliphatic imine (C=N–C) groups is 1. The maximum absolute atomic E-state index is 12.5. The van der Waals surface area contributed by atoms with Crippen LogP contribution in [0.4, 0.5) is 0 Å². The zero-order valence-corrected chi connectivity index (χ0v) is 21.6. The van der Waals surface area contributed by atoms with Crippen molar-refractivity contribution < 1.29 is 23.7 Å². The summed E-state index contributed by atoms with van der Waals surface area (Å²) in [6, 6.07) is 11.6. The Morgan fingerprint density at radius 3 is 2.39 bits per heavy atom. The van der Waals surface area contributed by atoms with Gasteiger partial charge in [0.1, 0.15) is 24.8 Å². The van der Waals surface area contributed by atoms with Crippen molar-refractivity contribution >= 4 is 34.7 Å². The van der Waals surface area contributed by atoms with E-state index in [9.17, 15) is 4.79 Å². The quantitative estimate of drug-likeness (QED) is 0.337. The fourth-order valence-electron chi connectivity index (χ4n) is 3.76. The Morgan fingerprint density at radius 1 is 1.08 bits per heavy atom. The average molecular weight is 508 g/mol. The molecule has 2 aliphatic rings. The number of amides is 1. The molecule has 2 aliphatic heterocycles. The van der Waals surface area contributed by atoms with Crippen LogP contribution in [0.2, 0.25) is 0 Å². The van der Waals surface area contributed by atoms with E-state index in [-0.39, 0.29) is 18.0 Å². The van der Waals surface area contributed by atoms with E-state index in [2.05, 4.69) is 31.0 Å². The van der Waals surface area contributed by atoms with Crippen LogP contribution in [0.15, 0.2) is 58.6 Å². The van der Waals surface area contributed by atoms with Gasteiger partial charge in [0.25, 0.3) is 5.91 Å². The number of carbonyl (C=O) groups excluding carboxylic acids is 1. The number of nitrogens with zero attached hydrogens (tertiary/aromatic N) is 2. The molecule has 0 radical (unpaired) electrons. The molecule has 2 aromatic rings. The highest BCUT2D eigenvalue weighted by atomic mass is 32.2. The van der Waals surface area contributed by atoms with E-state index in [0.29, 0.717) is 40.5 Å².